The highest BCUT2D eigenvalue weighted by atomic mass is 16.2. The highest BCUT2D eigenvalue weighted by Gasteiger charge is 2.26. The van der Waals surface area contributed by atoms with Gasteiger partial charge in [-0.3, -0.25) is 0 Å². The number of amides is 2. The Kier molecular flexibility index (Phi) is 5.32. The summed E-state index contributed by atoms with van der Waals surface area (Å²) in [6.07, 6.45) is 4.81. The van der Waals surface area contributed by atoms with E-state index in [2.05, 4.69) is 53.8 Å². The summed E-state index contributed by atoms with van der Waals surface area (Å²) < 4.78 is 0. The first kappa shape index (κ1) is 16.3. The summed E-state index contributed by atoms with van der Waals surface area (Å²) in [4.78, 5) is 14.5. The average Bonchev–Trinajstić information content (AvgIpc) is 2.83. The average molecular weight is 320 g/mol. The van der Waals surface area contributed by atoms with Gasteiger partial charge in [0.05, 0.1) is 0 Å². The van der Waals surface area contributed by atoms with Crippen LogP contribution in [0.3, 0.4) is 0 Å². The van der Waals surface area contributed by atoms with E-state index in [-0.39, 0.29) is 11.9 Å². The van der Waals surface area contributed by atoms with E-state index in [0.29, 0.717) is 13.1 Å². The molecule has 1 unspecified atom stereocenters. The molecule has 0 bridgehead atoms. The van der Waals surface area contributed by atoms with Crippen LogP contribution in [0.15, 0.2) is 66.7 Å². The van der Waals surface area contributed by atoms with E-state index in [9.17, 15) is 4.79 Å². The summed E-state index contributed by atoms with van der Waals surface area (Å²) in [5.41, 5.74) is 3.95. The number of carbonyl (C=O) groups is 1. The van der Waals surface area contributed by atoms with Crippen LogP contribution >= 0.6 is 0 Å². The Labute approximate surface area is 144 Å². The van der Waals surface area contributed by atoms with Crippen molar-refractivity contribution >= 4 is 6.03 Å². The number of nitrogens with zero attached hydrogens (tertiary/aromatic N) is 1. The van der Waals surface area contributed by atoms with E-state index in [4.69, 9.17) is 0 Å². The molecule has 3 nitrogen and oxygen atoms in total. The molecule has 3 heteroatoms. The number of carbonyl (C=O) groups excluding carboxylic acids is 1. The van der Waals surface area contributed by atoms with Crippen molar-refractivity contribution in [1.29, 1.82) is 0 Å². The standard InChI is InChI=1S/C21H24N2O/c1-2-3-14-22-21(24)23-15-13-18-11-7-8-12-19(18)20(16-23)17-9-5-4-6-10-17/h2-12,20H,13-16H2,1H3,(H,22,24)/b3-2+. The minimum absolute atomic E-state index is 0.0156. The highest BCUT2D eigenvalue weighted by molar-refractivity contribution is 5.74. The van der Waals surface area contributed by atoms with Crippen LogP contribution in [-0.2, 0) is 6.42 Å². The van der Waals surface area contributed by atoms with Crippen molar-refractivity contribution in [3.63, 3.8) is 0 Å². The van der Waals surface area contributed by atoms with E-state index < -0.39 is 0 Å². The molecular weight excluding hydrogens is 296 g/mol. The number of fused-ring (bicyclic) bond motifs is 1. The van der Waals surface area contributed by atoms with Gasteiger partial charge in [-0.05, 0) is 30.0 Å². The summed E-state index contributed by atoms with van der Waals surface area (Å²) in [5.74, 6) is 0.220. The quantitative estimate of drug-likeness (QED) is 0.853. The fourth-order valence-corrected chi connectivity index (χ4v) is 3.30. The highest BCUT2D eigenvalue weighted by Crippen LogP contribution is 2.31. The number of hydrogen-bond acceptors (Lipinski definition) is 1. The van der Waals surface area contributed by atoms with Gasteiger partial charge in [0.15, 0.2) is 0 Å². The van der Waals surface area contributed by atoms with E-state index in [1.165, 1.54) is 16.7 Å². The summed E-state index contributed by atoms with van der Waals surface area (Å²) >= 11 is 0. The number of hydrogen-bond donors (Lipinski definition) is 1. The lowest BCUT2D eigenvalue weighted by Crippen LogP contribution is -2.42. The van der Waals surface area contributed by atoms with Crippen molar-refractivity contribution in [3.05, 3.63) is 83.4 Å². The molecule has 0 saturated heterocycles. The van der Waals surface area contributed by atoms with Gasteiger partial charge >= 0.3 is 6.03 Å². The Morgan fingerprint density at radius 1 is 1.17 bits per heavy atom. The SMILES string of the molecule is C/C=C/CNC(=O)N1CCc2ccccc2C(c2ccccc2)C1. The van der Waals surface area contributed by atoms with Gasteiger partial charge in [0, 0.05) is 25.6 Å². The van der Waals surface area contributed by atoms with Crippen LogP contribution < -0.4 is 5.32 Å². The topological polar surface area (TPSA) is 32.3 Å². The maximum atomic E-state index is 12.5. The molecule has 1 aliphatic heterocycles. The van der Waals surface area contributed by atoms with Gasteiger partial charge in [-0.25, -0.2) is 4.79 Å². The lowest BCUT2D eigenvalue weighted by atomic mass is 9.88. The molecule has 24 heavy (non-hydrogen) atoms. The molecule has 2 amide bonds. The molecular formula is C21H24N2O. The molecule has 0 spiro atoms. The molecule has 0 saturated carbocycles. The number of nitrogens with one attached hydrogen (secondary N) is 1. The van der Waals surface area contributed by atoms with Gasteiger partial charge in [-0.15, -0.1) is 0 Å². The largest absolute Gasteiger partial charge is 0.335 e. The Morgan fingerprint density at radius 2 is 1.92 bits per heavy atom. The molecule has 2 aromatic rings. The Morgan fingerprint density at radius 3 is 2.71 bits per heavy atom. The third-order valence-electron chi connectivity index (χ3n) is 4.58. The molecule has 0 fully saturated rings. The predicted octanol–water partition coefficient (Wildman–Crippen LogP) is 3.96. The van der Waals surface area contributed by atoms with E-state index in [0.717, 1.165) is 13.0 Å². The molecule has 0 radical (unpaired) electrons. The normalized spacial score (nSPS) is 17.4. The zero-order chi connectivity index (χ0) is 16.8. The molecule has 124 valence electrons. The first-order valence-electron chi connectivity index (χ1n) is 8.56. The zero-order valence-electron chi connectivity index (χ0n) is 14.1. The maximum Gasteiger partial charge on any atom is 0.317 e. The minimum atomic E-state index is 0.0156. The van der Waals surface area contributed by atoms with Crippen LogP contribution in [-0.4, -0.2) is 30.6 Å². The number of rotatable bonds is 3. The predicted molar refractivity (Wildman–Crippen MR) is 98.2 cm³/mol. The second-order valence-corrected chi connectivity index (χ2v) is 6.11. The molecule has 1 N–H and O–H groups in total. The Bertz CT molecular complexity index is 709. The van der Waals surface area contributed by atoms with E-state index >= 15 is 0 Å². The van der Waals surface area contributed by atoms with Crippen LogP contribution in [0.4, 0.5) is 4.79 Å². The maximum absolute atomic E-state index is 12.5. The molecule has 1 heterocycles. The fraction of sp³-hybridized carbons (Fsp3) is 0.286. The Hall–Kier alpha value is -2.55. The smallest absolute Gasteiger partial charge is 0.317 e. The van der Waals surface area contributed by atoms with Crippen molar-refractivity contribution in [2.45, 2.75) is 19.3 Å². The van der Waals surface area contributed by atoms with Crippen molar-refractivity contribution in [3.8, 4) is 0 Å². The molecule has 3 rings (SSSR count). The number of allylic oxidation sites excluding steroid dienone is 1. The molecule has 2 aromatic carbocycles. The van der Waals surface area contributed by atoms with Crippen molar-refractivity contribution in [2.24, 2.45) is 0 Å². The molecule has 0 aliphatic carbocycles. The van der Waals surface area contributed by atoms with Gasteiger partial charge < -0.3 is 10.2 Å². The van der Waals surface area contributed by atoms with Crippen LogP contribution in [0.25, 0.3) is 0 Å². The summed E-state index contributed by atoms with van der Waals surface area (Å²) in [6, 6.07) is 19.1. The van der Waals surface area contributed by atoms with Gasteiger partial charge in [-0.1, -0.05) is 66.7 Å². The lowest BCUT2D eigenvalue weighted by Gasteiger charge is -2.25. The van der Waals surface area contributed by atoms with Gasteiger partial charge in [0.25, 0.3) is 0 Å². The second kappa shape index (κ2) is 7.82. The van der Waals surface area contributed by atoms with E-state index in [1.54, 1.807) is 0 Å². The van der Waals surface area contributed by atoms with Gasteiger partial charge in [0.2, 0.25) is 0 Å². The zero-order valence-corrected chi connectivity index (χ0v) is 14.1. The van der Waals surface area contributed by atoms with Crippen molar-refractivity contribution in [1.82, 2.24) is 10.2 Å². The summed E-state index contributed by atoms with van der Waals surface area (Å²) in [5, 5.41) is 2.98. The molecule has 0 aromatic heterocycles. The van der Waals surface area contributed by atoms with E-state index in [1.807, 2.05) is 30.0 Å². The van der Waals surface area contributed by atoms with Gasteiger partial charge in [0.1, 0.15) is 0 Å². The van der Waals surface area contributed by atoms with Crippen molar-refractivity contribution < 1.29 is 4.79 Å². The van der Waals surface area contributed by atoms with Crippen LogP contribution in [0.1, 0.15) is 29.5 Å². The first-order valence-corrected chi connectivity index (χ1v) is 8.56. The monoisotopic (exact) mass is 320 g/mol. The fourth-order valence-electron chi connectivity index (χ4n) is 3.30. The van der Waals surface area contributed by atoms with Crippen molar-refractivity contribution in [2.75, 3.05) is 19.6 Å². The molecule has 1 aliphatic rings. The van der Waals surface area contributed by atoms with Crippen LogP contribution in [0.5, 0.6) is 0 Å². The third-order valence-corrected chi connectivity index (χ3v) is 4.58. The molecule has 1 atom stereocenters. The minimum Gasteiger partial charge on any atom is -0.335 e. The Balaban J connectivity index is 1.87. The van der Waals surface area contributed by atoms with Gasteiger partial charge in [-0.2, -0.15) is 0 Å². The second-order valence-electron chi connectivity index (χ2n) is 6.11. The lowest BCUT2D eigenvalue weighted by molar-refractivity contribution is 0.199. The summed E-state index contributed by atoms with van der Waals surface area (Å²) in [7, 11) is 0. The van der Waals surface area contributed by atoms with Crippen LogP contribution in [0, 0.1) is 0 Å². The first-order chi connectivity index (χ1) is 11.8. The summed E-state index contributed by atoms with van der Waals surface area (Å²) in [6.45, 7) is 4.00. The number of urea groups is 1. The number of benzene rings is 2. The third kappa shape index (κ3) is 3.67. The van der Waals surface area contributed by atoms with Crippen LogP contribution in [0.2, 0.25) is 0 Å².